The van der Waals surface area contributed by atoms with Crippen LogP contribution in [0.25, 0.3) is 0 Å². The topological polar surface area (TPSA) is 42.0 Å². The first kappa shape index (κ1) is 13.3. The Morgan fingerprint density at radius 1 is 1.56 bits per heavy atom. The Morgan fingerprint density at radius 3 is 2.83 bits per heavy atom. The van der Waals surface area contributed by atoms with Crippen LogP contribution >= 0.6 is 11.6 Å². The fraction of sp³-hybridized carbons (Fsp3) is 0.571. The zero-order chi connectivity index (χ0) is 13.1. The van der Waals surface area contributed by atoms with E-state index < -0.39 is 0 Å². The normalized spacial score (nSPS) is 16.4. The van der Waals surface area contributed by atoms with Gasteiger partial charge in [-0.05, 0) is 37.8 Å². The minimum Gasteiger partial charge on any atom is -0.349 e. The molecule has 1 fully saturated rings. The van der Waals surface area contributed by atoms with E-state index in [1.54, 1.807) is 12.1 Å². The third kappa shape index (κ3) is 3.70. The number of amides is 1. The van der Waals surface area contributed by atoms with E-state index in [4.69, 9.17) is 11.6 Å². The van der Waals surface area contributed by atoms with Crippen LogP contribution in [-0.2, 0) is 0 Å². The SMILES string of the molecule is CCC(CC1CC1)NC(=O)c1cc(C)nc(Cl)c1. The highest BCUT2D eigenvalue weighted by atomic mass is 35.5. The molecule has 4 heteroatoms. The average Bonchev–Trinajstić information content (AvgIpc) is 3.10. The fourth-order valence-electron chi connectivity index (χ4n) is 2.11. The van der Waals surface area contributed by atoms with Crippen LogP contribution in [0, 0.1) is 12.8 Å². The van der Waals surface area contributed by atoms with Gasteiger partial charge in [-0.25, -0.2) is 4.98 Å². The molecule has 1 saturated carbocycles. The maximum atomic E-state index is 12.1. The van der Waals surface area contributed by atoms with E-state index in [-0.39, 0.29) is 11.9 Å². The third-order valence-corrected chi connectivity index (χ3v) is 3.52. The van der Waals surface area contributed by atoms with Gasteiger partial charge in [0, 0.05) is 17.3 Å². The molecule has 98 valence electrons. The number of rotatable bonds is 5. The second-order valence-corrected chi connectivity index (χ2v) is 5.46. The number of aryl methyl sites for hydroxylation is 1. The molecule has 0 aliphatic heterocycles. The van der Waals surface area contributed by atoms with Crippen molar-refractivity contribution in [3.63, 3.8) is 0 Å². The smallest absolute Gasteiger partial charge is 0.251 e. The lowest BCUT2D eigenvalue weighted by atomic mass is 10.1. The minimum atomic E-state index is -0.0464. The Balaban J connectivity index is 2.00. The lowest BCUT2D eigenvalue weighted by molar-refractivity contribution is 0.0932. The van der Waals surface area contributed by atoms with Gasteiger partial charge in [0.2, 0.25) is 0 Å². The molecule has 0 aromatic carbocycles. The first-order valence-electron chi connectivity index (χ1n) is 6.53. The monoisotopic (exact) mass is 266 g/mol. The molecule has 3 nitrogen and oxygen atoms in total. The highest BCUT2D eigenvalue weighted by Gasteiger charge is 2.25. The summed E-state index contributed by atoms with van der Waals surface area (Å²) in [5.74, 6) is 0.771. The van der Waals surface area contributed by atoms with Crippen molar-refractivity contribution in [3.05, 3.63) is 28.5 Å². The van der Waals surface area contributed by atoms with Crippen molar-refractivity contribution in [1.82, 2.24) is 10.3 Å². The summed E-state index contributed by atoms with van der Waals surface area (Å²) in [5.41, 5.74) is 1.37. The van der Waals surface area contributed by atoms with Gasteiger partial charge in [-0.1, -0.05) is 31.4 Å². The van der Waals surface area contributed by atoms with E-state index in [9.17, 15) is 4.79 Å². The van der Waals surface area contributed by atoms with Crippen molar-refractivity contribution in [2.75, 3.05) is 0 Å². The molecule has 1 heterocycles. The van der Waals surface area contributed by atoms with Gasteiger partial charge in [0.25, 0.3) is 5.91 Å². The summed E-state index contributed by atoms with van der Waals surface area (Å²) in [5, 5.41) is 3.45. The standard InChI is InChI=1S/C14H19ClN2O/c1-3-12(7-10-4-5-10)17-14(18)11-6-9(2)16-13(15)8-11/h6,8,10,12H,3-5,7H2,1-2H3,(H,17,18). The lowest BCUT2D eigenvalue weighted by Gasteiger charge is -2.16. The van der Waals surface area contributed by atoms with Crippen LogP contribution in [0.15, 0.2) is 12.1 Å². The van der Waals surface area contributed by atoms with Crippen molar-refractivity contribution in [1.29, 1.82) is 0 Å². The van der Waals surface area contributed by atoms with Gasteiger partial charge >= 0.3 is 0 Å². The number of aromatic nitrogens is 1. The molecule has 1 unspecified atom stereocenters. The second kappa shape index (κ2) is 5.70. The molecular formula is C14H19ClN2O. The van der Waals surface area contributed by atoms with Crippen LogP contribution in [0.4, 0.5) is 0 Å². The van der Waals surface area contributed by atoms with Crippen LogP contribution < -0.4 is 5.32 Å². The van der Waals surface area contributed by atoms with Gasteiger partial charge < -0.3 is 5.32 Å². The highest BCUT2D eigenvalue weighted by molar-refractivity contribution is 6.29. The summed E-state index contributed by atoms with van der Waals surface area (Å²) in [6, 6.07) is 3.66. The zero-order valence-electron chi connectivity index (χ0n) is 10.9. The van der Waals surface area contributed by atoms with Crippen LogP contribution in [0.1, 0.15) is 48.7 Å². The van der Waals surface area contributed by atoms with Crippen molar-refractivity contribution >= 4 is 17.5 Å². The molecule has 0 saturated heterocycles. The quantitative estimate of drug-likeness (QED) is 0.831. The number of hydrogen-bond acceptors (Lipinski definition) is 2. The fourth-order valence-corrected chi connectivity index (χ4v) is 2.36. The van der Waals surface area contributed by atoms with E-state index in [0.717, 1.165) is 24.5 Å². The number of pyridine rings is 1. The second-order valence-electron chi connectivity index (χ2n) is 5.08. The van der Waals surface area contributed by atoms with Crippen LogP contribution in [0.2, 0.25) is 5.15 Å². The highest BCUT2D eigenvalue weighted by Crippen LogP contribution is 2.34. The van der Waals surface area contributed by atoms with Crippen LogP contribution in [0.3, 0.4) is 0 Å². The number of carbonyl (C=O) groups excluding carboxylic acids is 1. The van der Waals surface area contributed by atoms with Gasteiger partial charge in [-0.3, -0.25) is 4.79 Å². The largest absolute Gasteiger partial charge is 0.349 e. The van der Waals surface area contributed by atoms with Gasteiger partial charge in [0.15, 0.2) is 0 Å². The van der Waals surface area contributed by atoms with Crippen LogP contribution in [0.5, 0.6) is 0 Å². The summed E-state index contributed by atoms with van der Waals surface area (Å²) in [6.07, 6.45) is 4.69. The molecular weight excluding hydrogens is 248 g/mol. The van der Waals surface area contributed by atoms with E-state index in [1.165, 1.54) is 12.8 Å². The predicted octanol–water partition coefficient (Wildman–Crippen LogP) is 3.35. The number of carbonyl (C=O) groups is 1. The first-order chi connectivity index (χ1) is 8.58. The summed E-state index contributed by atoms with van der Waals surface area (Å²) in [4.78, 5) is 16.2. The summed E-state index contributed by atoms with van der Waals surface area (Å²) in [6.45, 7) is 3.95. The Kier molecular flexibility index (Phi) is 4.23. The molecule has 0 spiro atoms. The molecule has 1 aliphatic carbocycles. The first-order valence-corrected chi connectivity index (χ1v) is 6.91. The number of halogens is 1. The van der Waals surface area contributed by atoms with Gasteiger partial charge in [0.05, 0.1) is 0 Å². The molecule has 1 atom stereocenters. The number of nitrogens with one attached hydrogen (secondary N) is 1. The van der Waals surface area contributed by atoms with E-state index in [1.807, 2.05) is 6.92 Å². The number of nitrogens with zero attached hydrogens (tertiary/aromatic N) is 1. The van der Waals surface area contributed by atoms with E-state index in [2.05, 4.69) is 17.2 Å². The minimum absolute atomic E-state index is 0.0464. The maximum absolute atomic E-state index is 12.1. The average molecular weight is 267 g/mol. The van der Waals surface area contributed by atoms with Crippen LogP contribution in [-0.4, -0.2) is 16.9 Å². The molecule has 0 radical (unpaired) electrons. The van der Waals surface area contributed by atoms with Crippen molar-refractivity contribution < 1.29 is 4.79 Å². The van der Waals surface area contributed by atoms with Crippen molar-refractivity contribution in [2.45, 2.75) is 45.6 Å². The number of hydrogen-bond donors (Lipinski definition) is 1. The summed E-state index contributed by atoms with van der Waals surface area (Å²) in [7, 11) is 0. The third-order valence-electron chi connectivity index (χ3n) is 3.33. The molecule has 0 bridgehead atoms. The molecule has 1 N–H and O–H groups in total. The lowest BCUT2D eigenvalue weighted by Crippen LogP contribution is -2.34. The Bertz CT molecular complexity index is 423. The van der Waals surface area contributed by atoms with Crippen molar-refractivity contribution in [3.8, 4) is 0 Å². The van der Waals surface area contributed by atoms with Gasteiger partial charge in [-0.15, -0.1) is 0 Å². The Hall–Kier alpha value is -1.09. The van der Waals surface area contributed by atoms with Gasteiger partial charge in [0.1, 0.15) is 5.15 Å². The molecule has 18 heavy (non-hydrogen) atoms. The van der Waals surface area contributed by atoms with E-state index >= 15 is 0 Å². The summed E-state index contributed by atoms with van der Waals surface area (Å²) >= 11 is 5.87. The predicted molar refractivity (Wildman–Crippen MR) is 72.9 cm³/mol. The van der Waals surface area contributed by atoms with E-state index in [0.29, 0.717) is 10.7 Å². The zero-order valence-corrected chi connectivity index (χ0v) is 11.6. The Labute approximate surface area is 113 Å². The van der Waals surface area contributed by atoms with Gasteiger partial charge in [-0.2, -0.15) is 0 Å². The van der Waals surface area contributed by atoms with Crippen molar-refractivity contribution in [2.24, 2.45) is 5.92 Å². The summed E-state index contributed by atoms with van der Waals surface area (Å²) < 4.78 is 0. The molecule has 1 aromatic rings. The molecule has 1 aromatic heterocycles. The maximum Gasteiger partial charge on any atom is 0.251 e. The molecule has 1 amide bonds. The Morgan fingerprint density at radius 2 is 2.28 bits per heavy atom. The molecule has 2 rings (SSSR count). The molecule has 1 aliphatic rings.